The van der Waals surface area contributed by atoms with Gasteiger partial charge in [0.05, 0.1) is 31.0 Å². The molecule has 8 nitrogen and oxygen atoms in total. The molecule has 16 heteroatoms. The highest BCUT2D eigenvalue weighted by atomic mass is 19.4. The fourth-order valence-electron chi connectivity index (χ4n) is 4.86. The number of benzene rings is 2. The third kappa shape index (κ3) is 5.51. The molecule has 0 saturated carbocycles. The predicted molar refractivity (Wildman–Crippen MR) is 144 cm³/mol. The number of amides is 1. The highest BCUT2D eigenvalue weighted by Gasteiger charge is 2.57. The van der Waals surface area contributed by atoms with E-state index in [1.165, 1.54) is 0 Å². The molecular formula is C30H20F8N4O4. The molecule has 0 aliphatic carbocycles. The minimum Gasteiger partial charge on any atom is -0.494 e. The van der Waals surface area contributed by atoms with Crippen LogP contribution in [0, 0.1) is 17.1 Å². The number of carbonyl (C=O) groups is 1. The number of hydrogen-bond donors (Lipinski definition) is 2. The zero-order chi connectivity index (χ0) is 33.7. The molecule has 46 heavy (non-hydrogen) atoms. The van der Waals surface area contributed by atoms with Crippen LogP contribution in [0.2, 0.25) is 0 Å². The van der Waals surface area contributed by atoms with Gasteiger partial charge in [-0.25, -0.2) is 13.8 Å². The average Bonchev–Trinajstić information content (AvgIpc) is 3.40. The highest BCUT2D eigenvalue weighted by Crippen LogP contribution is 2.48. The summed E-state index contributed by atoms with van der Waals surface area (Å²) < 4.78 is 122. The lowest BCUT2D eigenvalue weighted by Gasteiger charge is -2.31. The number of nitrogens with one attached hydrogen (secondary N) is 1. The molecule has 0 saturated heterocycles. The van der Waals surface area contributed by atoms with E-state index in [0.717, 1.165) is 43.5 Å². The Labute approximate surface area is 254 Å². The number of aromatic nitrogens is 2. The Balaban J connectivity index is 1.58. The number of aliphatic hydroxyl groups is 1. The number of ether oxygens (including phenoxy) is 2. The van der Waals surface area contributed by atoms with Crippen LogP contribution in [0.1, 0.15) is 27.2 Å². The largest absolute Gasteiger partial charge is 0.494 e. The van der Waals surface area contributed by atoms with Gasteiger partial charge in [0, 0.05) is 28.3 Å². The second-order valence-corrected chi connectivity index (χ2v) is 10.4. The van der Waals surface area contributed by atoms with Crippen molar-refractivity contribution in [3.05, 3.63) is 82.9 Å². The highest BCUT2D eigenvalue weighted by molar-refractivity contribution is 6.00. The lowest BCUT2D eigenvalue weighted by molar-refractivity contribution is -0.265. The van der Waals surface area contributed by atoms with Crippen molar-refractivity contribution in [3.8, 4) is 28.8 Å². The Bertz CT molecular complexity index is 1870. The van der Waals surface area contributed by atoms with Gasteiger partial charge in [-0.05, 0) is 48.5 Å². The zero-order valence-electron chi connectivity index (χ0n) is 23.4. The minimum atomic E-state index is -5.54. The van der Waals surface area contributed by atoms with Crippen LogP contribution in [-0.2, 0) is 17.2 Å². The normalized spacial score (nSPS) is 17.5. The number of pyridine rings is 2. The quantitative estimate of drug-likeness (QED) is 0.244. The van der Waals surface area contributed by atoms with Crippen LogP contribution in [0.5, 0.6) is 11.5 Å². The molecule has 2 N–H and O–H groups in total. The first kappa shape index (κ1) is 32.4. The molecule has 0 fully saturated rings. The van der Waals surface area contributed by atoms with Crippen LogP contribution in [0.15, 0.2) is 54.7 Å². The van der Waals surface area contributed by atoms with E-state index in [-0.39, 0.29) is 39.2 Å². The molecule has 1 aliphatic rings. The van der Waals surface area contributed by atoms with Crippen LogP contribution in [0.3, 0.4) is 0 Å². The summed E-state index contributed by atoms with van der Waals surface area (Å²) in [5.74, 6) is -2.36. The summed E-state index contributed by atoms with van der Waals surface area (Å²) in [6.45, 7) is -3.55. The fraction of sp³-hybridized carbons (Fsp3) is 0.267. The fourth-order valence-corrected chi connectivity index (χ4v) is 4.86. The molecule has 1 aliphatic heterocycles. The van der Waals surface area contributed by atoms with E-state index in [4.69, 9.17) is 9.47 Å². The van der Waals surface area contributed by atoms with Crippen molar-refractivity contribution < 1.29 is 54.5 Å². The molecule has 2 aromatic heterocycles. The summed E-state index contributed by atoms with van der Waals surface area (Å²) in [5, 5.41) is 22.6. The van der Waals surface area contributed by atoms with Crippen LogP contribution in [0.4, 0.5) is 35.1 Å². The van der Waals surface area contributed by atoms with E-state index in [9.17, 15) is 50.3 Å². The maximum Gasteiger partial charge on any atom is 0.424 e. The first-order valence-electron chi connectivity index (χ1n) is 13.1. The Kier molecular flexibility index (Phi) is 8.01. The Morgan fingerprint density at radius 1 is 1.13 bits per heavy atom. The van der Waals surface area contributed by atoms with Crippen molar-refractivity contribution in [1.29, 1.82) is 5.26 Å². The van der Waals surface area contributed by atoms with E-state index in [1.54, 1.807) is 6.07 Å². The lowest BCUT2D eigenvalue weighted by atomic mass is 9.83. The van der Waals surface area contributed by atoms with Crippen molar-refractivity contribution in [1.82, 2.24) is 15.3 Å². The number of nitriles is 1. The lowest BCUT2D eigenvalue weighted by Crippen LogP contribution is -2.51. The smallest absolute Gasteiger partial charge is 0.424 e. The van der Waals surface area contributed by atoms with Gasteiger partial charge in [0.1, 0.15) is 41.5 Å². The topological polar surface area (TPSA) is 117 Å². The van der Waals surface area contributed by atoms with E-state index in [0.29, 0.717) is 18.3 Å². The standard InChI is InChI=1S/C30H20F8N4O4/c1-45-21-8-17(6-16-7-18(29(33,34)35)10-40-23(16)21)26(43)41-13-28(44,30(36,37)38)22-9-20-25(46-14-27(20,11-31)12-39)24(42-22)15-2-4-19(32)5-3-15/h2-10,44H,11,13-14H2,1H3,(H,41,43)/t27-,28-/m1/s1. The summed E-state index contributed by atoms with van der Waals surface area (Å²) in [6, 6.07) is 9.23. The molecule has 0 radical (unpaired) electrons. The number of nitrogens with zero attached hydrogens (tertiary/aromatic N) is 3. The van der Waals surface area contributed by atoms with Gasteiger partial charge < -0.3 is 19.9 Å². The zero-order valence-corrected chi connectivity index (χ0v) is 23.4. The summed E-state index contributed by atoms with van der Waals surface area (Å²) in [5.41, 5.74) is -9.54. The van der Waals surface area contributed by atoms with Gasteiger partial charge in [0.2, 0.25) is 5.60 Å². The Morgan fingerprint density at radius 3 is 2.41 bits per heavy atom. The molecule has 3 heterocycles. The van der Waals surface area contributed by atoms with E-state index < -0.39 is 71.7 Å². The summed E-state index contributed by atoms with van der Waals surface area (Å²) >= 11 is 0. The number of fused-ring (bicyclic) bond motifs is 2. The number of rotatable bonds is 7. The first-order valence-corrected chi connectivity index (χ1v) is 13.1. The SMILES string of the molecule is COc1cc(C(=O)NC[C@@](O)(c2cc3c(c(-c4ccc(F)cc4)n2)OC[C@]3(C#N)CF)C(F)(F)F)cc2cc(C(F)(F)F)cnc12. The summed E-state index contributed by atoms with van der Waals surface area (Å²) in [6.07, 6.45) is -9.78. The molecule has 1 amide bonds. The van der Waals surface area contributed by atoms with E-state index in [1.807, 2.05) is 5.32 Å². The molecule has 4 aromatic rings. The monoisotopic (exact) mass is 652 g/mol. The van der Waals surface area contributed by atoms with Gasteiger partial charge in [-0.2, -0.15) is 31.6 Å². The van der Waals surface area contributed by atoms with Crippen molar-refractivity contribution in [2.24, 2.45) is 0 Å². The van der Waals surface area contributed by atoms with Gasteiger partial charge in [0.25, 0.3) is 5.91 Å². The predicted octanol–water partition coefficient (Wildman–Crippen LogP) is 5.77. The van der Waals surface area contributed by atoms with Gasteiger partial charge in [-0.1, -0.05) is 0 Å². The molecule has 0 spiro atoms. The Morgan fingerprint density at radius 2 is 1.83 bits per heavy atom. The third-order valence-electron chi connectivity index (χ3n) is 7.47. The molecule has 5 rings (SSSR count). The first-order chi connectivity index (χ1) is 21.6. The minimum absolute atomic E-state index is 0.00996. The van der Waals surface area contributed by atoms with E-state index >= 15 is 0 Å². The Hall–Kier alpha value is -5.04. The second kappa shape index (κ2) is 11.4. The van der Waals surface area contributed by atoms with Gasteiger partial charge >= 0.3 is 12.4 Å². The van der Waals surface area contributed by atoms with Crippen LogP contribution < -0.4 is 14.8 Å². The molecule has 2 atom stereocenters. The maximum absolute atomic E-state index is 14.6. The summed E-state index contributed by atoms with van der Waals surface area (Å²) in [4.78, 5) is 20.7. The average molecular weight is 652 g/mol. The maximum atomic E-state index is 14.6. The summed E-state index contributed by atoms with van der Waals surface area (Å²) in [7, 11) is 1.14. The van der Waals surface area contributed by atoms with Crippen molar-refractivity contribution in [3.63, 3.8) is 0 Å². The van der Waals surface area contributed by atoms with Crippen LogP contribution >= 0.6 is 0 Å². The number of methoxy groups -OCH3 is 1. The number of carbonyl (C=O) groups excluding carboxylic acids is 1. The molecule has 0 unspecified atom stereocenters. The van der Waals surface area contributed by atoms with Gasteiger partial charge in [-0.3, -0.25) is 9.78 Å². The van der Waals surface area contributed by atoms with Crippen molar-refractivity contribution >= 4 is 16.8 Å². The second-order valence-electron chi connectivity index (χ2n) is 10.4. The van der Waals surface area contributed by atoms with Gasteiger partial charge in [0.15, 0.2) is 5.75 Å². The van der Waals surface area contributed by atoms with Crippen LogP contribution in [0.25, 0.3) is 22.2 Å². The molecule has 2 aromatic carbocycles. The van der Waals surface area contributed by atoms with Crippen LogP contribution in [-0.4, -0.2) is 54.1 Å². The van der Waals surface area contributed by atoms with Crippen molar-refractivity contribution in [2.75, 3.05) is 26.9 Å². The molecule has 0 bridgehead atoms. The van der Waals surface area contributed by atoms with Gasteiger partial charge in [-0.15, -0.1) is 0 Å². The molecular weight excluding hydrogens is 632 g/mol. The third-order valence-corrected chi connectivity index (χ3v) is 7.47. The number of alkyl halides is 7. The van der Waals surface area contributed by atoms with Crippen molar-refractivity contribution in [2.45, 2.75) is 23.4 Å². The van der Waals surface area contributed by atoms with E-state index in [2.05, 4.69) is 9.97 Å². The number of hydrogen-bond acceptors (Lipinski definition) is 7. The molecule has 240 valence electrons. The number of halogens is 8.